The largest absolute Gasteiger partial charge is 0.375 e. The predicted molar refractivity (Wildman–Crippen MR) is 117 cm³/mol. The van der Waals surface area contributed by atoms with E-state index in [4.69, 9.17) is 15.2 Å². The van der Waals surface area contributed by atoms with E-state index < -0.39 is 5.72 Å². The molecule has 0 bridgehead atoms. The smallest absolute Gasteiger partial charge is 0.117 e. The minimum Gasteiger partial charge on any atom is -0.375 e. The van der Waals surface area contributed by atoms with Crippen molar-refractivity contribution in [3.05, 3.63) is 0 Å². The van der Waals surface area contributed by atoms with Crippen LogP contribution in [-0.2, 0) is 9.47 Å². The van der Waals surface area contributed by atoms with Gasteiger partial charge in [-0.1, -0.05) is 47.5 Å². The van der Waals surface area contributed by atoms with Gasteiger partial charge in [-0.2, -0.15) is 0 Å². The number of ether oxygens (including phenoxy) is 2. The van der Waals surface area contributed by atoms with Crippen molar-refractivity contribution in [2.24, 2.45) is 46.7 Å². The molecule has 8 atom stereocenters. The second kappa shape index (κ2) is 8.19. The van der Waals surface area contributed by atoms with Crippen LogP contribution < -0.4 is 5.73 Å². The summed E-state index contributed by atoms with van der Waals surface area (Å²) in [5.41, 5.74) is 6.98. The molecule has 0 aromatic rings. The number of fused-ring (bicyclic) bond motifs is 1. The zero-order chi connectivity index (χ0) is 20.7. The van der Waals surface area contributed by atoms with Crippen molar-refractivity contribution < 1.29 is 9.47 Å². The maximum atomic E-state index is 6.71. The van der Waals surface area contributed by atoms with Crippen LogP contribution in [0, 0.1) is 40.9 Å². The highest BCUT2D eigenvalue weighted by atomic mass is 16.5. The molecule has 0 aliphatic heterocycles. The molecule has 2 N–H and O–H groups in total. The standard InChI is InChI=1S/C25H47NO2/c1-8-27-25(16-19(25)4)12-9-10-17(2)11-13-28-24(7,26)20-15-22-21(14-18(20)3)23(22,5)6/h17-22H,8-16,26H2,1-7H3/t17?,18?,19?,20?,21-,22+,24?,25?/m1/s1. The highest BCUT2D eigenvalue weighted by Crippen LogP contribution is 2.67. The molecule has 28 heavy (non-hydrogen) atoms. The van der Waals surface area contributed by atoms with E-state index in [0.717, 1.165) is 37.4 Å². The SMILES string of the molecule is CCOC1(CCCC(C)CCOC(C)(N)C2C[C@H]3[C@@H](CC2C)C3(C)C)CC1C. The van der Waals surface area contributed by atoms with Gasteiger partial charge in [0, 0.05) is 19.1 Å². The highest BCUT2D eigenvalue weighted by molar-refractivity contribution is 5.10. The van der Waals surface area contributed by atoms with E-state index in [9.17, 15) is 0 Å². The van der Waals surface area contributed by atoms with Gasteiger partial charge in [0.25, 0.3) is 0 Å². The second-order valence-corrected chi connectivity index (χ2v) is 11.5. The van der Waals surface area contributed by atoms with Crippen molar-refractivity contribution in [3.8, 4) is 0 Å². The Labute approximate surface area is 174 Å². The molecule has 164 valence electrons. The summed E-state index contributed by atoms with van der Waals surface area (Å²) in [6.07, 6.45) is 8.70. The van der Waals surface area contributed by atoms with Crippen molar-refractivity contribution in [2.45, 2.75) is 105 Å². The van der Waals surface area contributed by atoms with Gasteiger partial charge < -0.3 is 15.2 Å². The minimum atomic E-state index is -0.481. The van der Waals surface area contributed by atoms with Crippen molar-refractivity contribution >= 4 is 0 Å². The molecule has 3 saturated carbocycles. The van der Waals surface area contributed by atoms with Crippen molar-refractivity contribution in [1.82, 2.24) is 0 Å². The van der Waals surface area contributed by atoms with E-state index in [0.29, 0.717) is 23.2 Å². The summed E-state index contributed by atoms with van der Waals surface area (Å²) >= 11 is 0. The van der Waals surface area contributed by atoms with Gasteiger partial charge in [0.05, 0.1) is 5.60 Å². The monoisotopic (exact) mass is 393 g/mol. The van der Waals surface area contributed by atoms with Gasteiger partial charge in [-0.3, -0.25) is 0 Å². The third kappa shape index (κ3) is 4.62. The van der Waals surface area contributed by atoms with Crippen LogP contribution in [0.2, 0.25) is 0 Å². The Bertz CT molecular complexity index is 531. The van der Waals surface area contributed by atoms with Crippen LogP contribution in [0.1, 0.15) is 93.4 Å². The molecule has 0 spiro atoms. The summed E-state index contributed by atoms with van der Waals surface area (Å²) in [5.74, 6) is 4.39. The summed E-state index contributed by atoms with van der Waals surface area (Å²) in [4.78, 5) is 0. The number of hydrogen-bond donors (Lipinski definition) is 1. The average Bonchev–Trinajstić information content (AvgIpc) is 3.39. The van der Waals surface area contributed by atoms with Gasteiger partial charge >= 0.3 is 0 Å². The zero-order valence-electron chi connectivity index (χ0n) is 19.7. The van der Waals surface area contributed by atoms with Gasteiger partial charge in [0.15, 0.2) is 0 Å². The van der Waals surface area contributed by atoms with Crippen LogP contribution in [0.4, 0.5) is 0 Å². The maximum absolute atomic E-state index is 6.71. The average molecular weight is 394 g/mol. The molecule has 3 rings (SSSR count). The fraction of sp³-hybridized carbons (Fsp3) is 1.00. The second-order valence-electron chi connectivity index (χ2n) is 11.5. The fourth-order valence-electron chi connectivity index (χ4n) is 6.51. The van der Waals surface area contributed by atoms with Gasteiger partial charge in [0.1, 0.15) is 5.72 Å². The minimum absolute atomic E-state index is 0.215. The third-order valence-corrected chi connectivity index (χ3v) is 8.99. The molecule has 0 amide bonds. The molecule has 3 aliphatic carbocycles. The Kier molecular flexibility index (Phi) is 6.60. The molecular weight excluding hydrogens is 346 g/mol. The number of rotatable bonds is 11. The summed E-state index contributed by atoms with van der Waals surface area (Å²) in [7, 11) is 0. The lowest BCUT2D eigenvalue weighted by atomic mass is 9.75. The Morgan fingerprint density at radius 2 is 1.79 bits per heavy atom. The molecule has 6 unspecified atom stereocenters. The molecule has 3 aliphatic rings. The van der Waals surface area contributed by atoms with E-state index in [1.54, 1.807) is 0 Å². The van der Waals surface area contributed by atoms with E-state index in [-0.39, 0.29) is 5.60 Å². The third-order valence-electron chi connectivity index (χ3n) is 8.99. The molecule has 0 aromatic carbocycles. The predicted octanol–water partition coefficient (Wildman–Crippen LogP) is 6.01. The Morgan fingerprint density at radius 1 is 1.14 bits per heavy atom. The van der Waals surface area contributed by atoms with Crippen molar-refractivity contribution in [2.75, 3.05) is 13.2 Å². The molecular formula is C25H47NO2. The normalized spacial score (nSPS) is 41.8. The van der Waals surface area contributed by atoms with Crippen LogP contribution in [0.3, 0.4) is 0 Å². The summed E-state index contributed by atoms with van der Waals surface area (Å²) in [6.45, 7) is 17.8. The highest BCUT2D eigenvalue weighted by Gasteiger charge is 2.62. The molecule has 0 saturated heterocycles. The van der Waals surface area contributed by atoms with Gasteiger partial charge in [-0.05, 0) is 81.0 Å². The first-order valence-electron chi connectivity index (χ1n) is 12.1. The van der Waals surface area contributed by atoms with E-state index in [1.807, 2.05) is 0 Å². The first-order valence-corrected chi connectivity index (χ1v) is 12.1. The summed E-state index contributed by atoms with van der Waals surface area (Å²) < 4.78 is 12.3. The van der Waals surface area contributed by atoms with E-state index in [2.05, 4.69) is 48.5 Å². The summed E-state index contributed by atoms with van der Waals surface area (Å²) in [6, 6.07) is 0. The molecule has 3 heteroatoms. The first kappa shape index (κ1) is 22.6. The van der Waals surface area contributed by atoms with Gasteiger partial charge in [-0.25, -0.2) is 0 Å². The van der Waals surface area contributed by atoms with Crippen molar-refractivity contribution in [1.29, 1.82) is 0 Å². The van der Waals surface area contributed by atoms with E-state index in [1.165, 1.54) is 38.5 Å². The number of nitrogens with two attached hydrogens (primary N) is 1. The molecule has 3 fully saturated rings. The molecule has 0 heterocycles. The van der Waals surface area contributed by atoms with Gasteiger partial charge in [-0.15, -0.1) is 0 Å². The first-order chi connectivity index (χ1) is 13.0. The van der Waals surface area contributed by atoms with E-state index >= 15 is 0 Å². The zero-order valence-corrected chi connectivity index (χ0v) is 19.7. The van der Waals surface area contributed by atoms with Crippen molar-refractivity contribution in [3.63, 3.8) is 0 Å². The lowest BCUT2D eigenvalue weighted by Crippen LogP contribution is -2.50. The van der Waals surface area contributed by atoms with Crippen LogP contribution in [0.15, 0.2) is 0 Å². The van der Waals surface area contributed by atoms with Gasteiger partial charge in [0.2, 0.25) is 0 Å². The van der Waals surface area contributed by atoms with Crippen LogP contribution >= 0.6 is 0 Å². The number of hydrogen-bond acceptors (Lipinski definition) is 3. The molecule has 3 nitrogen and oxygen atoms in total. The molecule has 0 radical (unpaired) electrons. The maximum Gasteiger partial charge on any atom is 0.117 e. The molecule has 0 aromatic heterocycles. The summed E-state index contributed by atoms with van der Waals surface area (Å²) in [5, 5.41) is 0. The Balaban J connectivity index is 1.35. The quantitative estimate of drug-likeness (QED) is 0.437. The fourth-order valence-corrected chi connectivity index (χ4v) is 6.51. The lowest BCUT2D eigenvalue weighted by Gasteiger charge is -2.40. The van der Waals surface area contributed by atoms with Crippen LogP contribution in [0.25, 0.3) is 0 Å². The Morgan fingerprint density at radius 3 is 2.39 bits per heavy atom. The van der Waals surface area contributed by atoms with Crippen LogP contribution in [0.5, 0.6) is 0 Å². The topological polar surface area (TPSA) is 44.5 Å². The Hall–Kier alpha value is -0.120. The lowest BCUT2D eigenvalue weighted by molar-refractivity contribution is -0.0985. The van der Waals surface area contributed by atoms with Crippen LogP contribution in [-0.4, -0.2) is 24.5 Å².